The summed E-state index contributed by atoms with van der Waals surface area (Å²) in [5, 5.41) is 0. The summed E-state index contributed by atoms with van der Waals surface area (Å²) in [6.45, 7) is 0. The molecule has 1 heterocycles. The number of hydrogen-bond acceptors (Lipinski definition) is 2. The summed E-state index contributed by atoms with van der Waals surface area (Å²) >= 11 is 0. The largest absolute Gasteiger partial charge is 0.294 e. The molecule has 1 aliphatic rings. The zero-order valence-corrected chi connectivity index (χ0v) is 11.2. The fraction of sp³-hybridized carbons (Fsp3) is 0.0588. The maximum Gasteiger partial charge on any atom is 0.277 e. The van der Waals surface area contributed by atoms with Gasteiger partial charge in [0.2, 0.25) is 0 Å². The van der Waals surface area contributed by atoms with Gasteiger partial charge in [0.25, 0.3) is 5.91 Å². The predicted molar refractivity (Wildman–Crippen MR) is 80.2 cm³/mol. The van der Waals surface area contributed by atoms with E-state index in [1.807, 2.05) is 66.7 Å². The molecule has 2 aromatic carbocycles. The van der Waals surface area contributed by atoms with Crippen LogP contribution in [0.2, 0.25) is 0 Å². The highest BCUT2D eigenvalue weighted by molar-refractivity contribution is 6.19. The summed E-state index contributed by atoms with van der Waals surface area (Å²) in [4.78, 5) is 18.3. The highest BCUT2D eigenvalue weighted by Gasteiger charge is 2.27. The summed E-state index contributed by atoms with van der Waals surface area (Å²) in [5.74, 6) is 0.616. The standard InChI is InChI=1S/C17H14N2O/c1-19-16(14-10-6-3-7-11-14)18-15(17(19)20)12-13-8-4-2-5-9-13/h2-12H,1H3/b15-12+. The van der Waals surface area contributed by atoms with Crippen molar-refractivity contribution < 1.29 is 4.79 Å². The number of aliphatic imine (C=N–C) groups is 1. The van der Waals surface area contributed by atoms with E-state index < -0.39 is 0 Å². The molecule has 0 unspecified atom stereocenters. The molecule has 3 rings (SSSR count). The first-order chi connectivity index (χ1) is 9.75. The van der Waals surface area contributed by atoms with Crippen LogP contribution >= 0.6 is 0 Å². The SMILES string of the molecule is CN1C(=O)/C(=C\c2ccccc2)N=C1c1ccccc1. The Balaban J connectivity index is 2.00. The smallest absolute Gasteiger partial charge is 0.277 e. The third-order valence-corrected chi connectivity index (χ3v) is 3.20. The van der Waals surface area contributed by atoms with Gasteiger partial charge in [-0.25, -0.2) is 4.99 Å². The first-order valence-corrected chi connectivity index (χ1v) is 6.44. The van der Waals surface area contributed by atoms with Gasteiger partial charge in [-0.05, 0) is 11.6 Å². The molecule has 3 heteroatoms. The van der Waals surface area contributed by atoms with Crippen molar-refractivity contribution in [1.82, 2.24) is 4.90 Å². The van der Waals surface area contributed by atoms with Gasteiger partial charge in [-0.15, -0.1) is 0 Å². The van der Waals surface area contributed by atoms with Crippen molar-refractivity contribution in [3.63, 3.8) is 0 Å². The molecule has 0 aromatic heterocycles. The maximum atomic E-state index is 12.2. The van der Waals surface area contributed by atoms with Gasteiger partial charge in [0.15, 0.2) is 0 Å². The fourth-order valence-corrected chi connectivity index (χ4v) is 2.15. The molecule has 3 nitrogen and oxygen atoms in total. The lowest BCUT2D eigenvalue weighted by atomic mass is 10.2. The molecule has 0 radical (unpaired) electrons. The number of benzene rings is 2. The summed E-state index contributed by atoms with van der Waals surface area (Å²) in [5.41, 5.74) is 2.39. The van der Waals surface area contributed by atoms with Gasteiger partial charge in [0.05, 0.1) is 0 Å². The van der Waals surface area contributed by atoms with E-state index in [9.17, 15) is 4.79 Å². The van der Waals surface area contributed by atoms with E-state index in [0.717, 1.165) is 11.1 Å². The summed E-state index contributed by atoms with van der Waals surface area (Å²) in [6, 6.07) is 19.5. The van der Waals surface area contributed by atoms with Gasteiger partial charge < -0.3 is 0 Å². The molecule has 0 bridgehead atoms. The van der Waals surface area contributed by atoms with Crippen LogP contribution in [0.1, 0.15) is 11.1 Å². The summed E-state index contributed by atoms with van der Waals surface area (Å²) in [6.07, 6.45) is 1.81. The van der Waals surface area contributed by atoms with Gasteiger partial charge in [0, 0.05) is 12.6 Å². The van der Waals surface area contributed by atoms with Crippen molar-refractivity contribution in [2.75, 3.05) is 7.05 Å². The number of hydrogen-bond donors (Lipinski definition) is 0. The molecule has 1 aliphatic heterocycles. The van der Waals surface area contributed by atoms with Crippen LogP contribution < -0.4 is 0 Å². The Kier molecular flexibility index (Phi) is 3.17. The molecule has 20 heavy (non-hydrogen) atoms. The van der Waals surface area contributed by atoms with E-state index in [1.54, 1.807) is 11.9 Å². The summed E-state index contributed by atoms with van der Waals surface area (Å²) in [7, 11) is 1.75. The quantitative estimate of drug-likeness (QED) is 0.766. The molecular formula is C17H14N2O. The van der Waals surface area contributed by atoms with E-state index in [-0.39, 0.29) is 5.91 Å². The van der Waals surface area contributed by atoms with Crippen LogP contribution in [0.4, 0.5) is 0 Å². The third-order valence-electron chi connectivity index (χ3n) is 3.20. The van der Waals surface area contributed by atoms with Crippen molar-refractivity contribution in [3.05, 3.63) is 77.5 Å². The minimum absolute atomic E-state index is 0.0762. The Labute approximate surface area is 117 Å². The van der Waals surface area contributed by atoms with Crippen LogP contribution in [0.3, 0.4) is 0 Å². The molecular weight excluding hydrogens is 248 g/mol. The second-order valence-corrected chi connectivity index (χ2v) is 4.61. The van der Waals surface area contributed by atoms with Crippen LogP contribution in [0.25, 0.3) is 6.08 Å². The second-order valence-electron chi connectivity index (χ2n) is 4.61. The number of likely N-dealkylation sites (N-methyl/N-ethyl adjacent to an activating group) is 1. The number of amidine groups is 1. The van der Waals surface area contributed by atoms with Crippen molar-refractivity contribution in [2.45, 2.75) is 0 Å². The number of nitrogens with zero attached hydrogens (tertiary/aromatic N) is 2. The van der Waals surface area contributed by atoms with Gasteiger partial charge in [-0.2, -0.15) is 0 Å². The molecule has 0 saturated carbocycles. The van der Waals surface area contributed by atoms with E-state index in [4.69, 9.17) is 0 Å². The van der Waals surface area contributed by atoms with Crippen molar-refractivity contribution in [3.8, 4) is 0 Å². The zero-order valence-electron chi connectivity index (χ0n) is 11.2. The average molecular weight is 262 g/mol. The van der Waals surface area contributed by atoms with Crippen LogP contribution in [-0.4, -0.2) is 23.7 Å². The number of amides is 1. The predicted octanol–water partition coefficient (Wildman–Crippen LogP) is 2.95. The second kappa shape index (κ2) is 5.13. The molecule has 2 aromatic rings. The number of carbonyl (C=O) groups excluding carboxylic acids is 1. The topological polar surface area (TPSA) is 32.7 Å². The normalized spacial score (nSPS) is 16.6. The number of rotatable bonds is 2. The molecule has 0 spiro atoms. The van der Waals surface area contributed by atoms with E-state index in [1.165, 1.54) is 0 Å². The lowest BCUT2D eigenvalue weighted by Crippen LogP contribution is -2.28. The molecule has 1 amide bonds. The van der Waals surface area contributed by atoms with Crippen LogP contribution in [0, 0.1) is 0 Å². The first-order valence-electron chi connectivity index (χ1n) is 6.44. The molecule has 98 valence electrons. The van der Waals surface area contributed by atoms with Gasteiger partial charge in [-0.3, -0.25) is 9.69 Å². The Morgan fingerprint density at radius 2 is 1.55 bits per heavy atom. The minimum Gasteiger partial charge on any atom is -0.294 e. The molecule has 0 fully saturated rings. The molecule has 0 N–H and O–H groups in total. The van der Waals surface area contributed by atoms with Gasteiger partial charge >= 0.3 is 0 Å². The minimum atomic E-state index is -0.0762. The Morgan fingerprint density at radius 3 is 2.20 bits per heavy atom. The Morgan fingerprint density at radius 1 is 0.950 bits per heavy atom. The Hall–Kier alpha value is -2.68. The van der Waals surface area contributed by atoms with Crippen molar-refractivity contribution in [2.24, 2.45) is 4.99 Å². The van der Waals surface area contributed by atoms with Crippen molar-refractivity contribution in [1.29, 1.82) is 0 Å². The van der Waals surface area contributed by atoms with Gasteiger partial charge in [-0.1, -0.05) is 60.7 Å². The third kappa shape index (κ3) is 2.26. The highest BCUT2D eigenvalue weighted by Crippen LogP contribution is 2.20. The first kappa shape index (κ1) is 12.4. The van der Waals surface area contributed by atoms with Crippen LogP contribution in [0.15, 0.2) is 71.4 Å². The monoisotopic (exact) mass is 262 g/mol. The summed E-state index contributed by atoms with van der Waals surface area (Å²) < 4.78 is 0. The van der Waals surface area contributed by atoms with Gasteiger partial charge in [0.1, 0.15) is 11.5 Å². The average Bonchev–Trinajstić information content (AvgIpc) is 2.78. The lowest BCUT2D eigenvalue weighted by molar-refractivity contribution is -0.121. The Bertz CT molecular complexity index is 687. The van der Waals surface area contributed by atoms with Crippen LogP contribution in [0.5, 0.6) is 0 Å². The zero-order chi connectivity index (χ0) is 13.9. The molecule has 0 aliphatic carbocycles. The molecule has 0 saturated heterocycles. The van der Waals surface area contributed by atoms with Crippen molar-refractivity contribution >= 4 is 17.8 Å². The lowest BCUT2D eigenvalue weighted by Gasteiger charge is -2.11. The number of carbonyl (C=O) groups is 1. The van der Waals surface area contributed by atoms with E-state index in [0.29, 0.717) is 11.5 Å². The van der Waals surface area contributed by atoms with E-state index >= 15 is 0 Å². The van der Waals surface area contributed by atoms with Crippen LogP contribution in [-0.2, 0) is 4.79 Å². The highest BCUT2D eigenvalue weighted by atomic mass is 16.2. The fourth-order valence-electron chi connectivity index (χ4n) is 2.15. The van der Waals surface area contributed by atoms with E-state index in [2.05, 4.69) is 4.99 Å². The molecule has 0 atom stereocenters. The maximum absolute atomic E-state index is 12.2.